The maximum Gasteiger partial charge on any atom is 0.387 e. The van der Waals surface area contributed by atoms with Gasteiger partial charge in [-0.05, 0) is 24.6 Å². The summed E-state index contributed by atoms with van der Waals surface area (Å²) in [5, 5.41) is 8.87. The maximum atomic E-state index is 11.6. The standard InChI is InChI=1S/C12H12N2O4/c1-2-18-12(17)11(16)10(14-13)9-5-3-8(7-15)4-6-9/h3-6,15H,2,7H2,1H3. The zero-order chi connectivity index (χ0) is 13.5. The lowest BCUT2D eigenvalue weighted by atomic mass is 10.0. The number of benzene rings is 1. The molecule has 0 amide bonds. The van der Waals surface area contributed by atoms with Gasteiger partial charge in [0.25, 0.3) is 0 Å². The number of aliphatic hydroxyl groups excluding tert-OH is 1. The Kier molecular flexibility index (Phi) is 4.92. The molecule has 0 unspecified atom stereocenters. The van der Waals surface area contributed by atoms with Gasteiger partial charge in [0.2, 0.25) is 0 Å². The summed E-state index contributed by atoms with van der Waals surface area (Å²) in [4.78, 5) is 25.7. The molecule has 0 spiro atoms. The summed E-state index contributed by atoms with van der Waals surface area (Å²) >= 11 is 0. The van der Waals surface area contributed by atoms with Gasteiger partial charge >= 0.3 is 17.5 Å². The molecule has 0 heterocycles. The van der Waals surface area contributed by atoms with E-state index in [0.717, 1.165) is 0 Å². The monoisotopic (exact) mass is 248 g/mol. The summed E-state index contributed by atoms with van der Waals surface area (Å²) < 4.78 is 4.53. The SMILES string of the molecule is CCOC(=O)C(=O)C(=[N+]=[N-])c1ccc(CO)cc1. The van der Waals surface area contributed by atoms with Gasteiger partial charge in [0, 0.05) is 0 Å². The first kappa shape index (κ1) is 13.8. The number of Topliss-reactive ketones (excluding diaryl/α,β-unsaturated/α-hetero) is 1. The van der Waals surface area contributed by atoms with E-state index in [-0.39, 0.29) is 18.8 Å². The number of rotatable bonds is 5. The van der Waals surface area contributed by atoms with Crippen molar-refractivity contribution < 1.29 is 24.2 Å². The van der Waals surface area contributed by atoms with Crippen LogP contribution in [0.5, 0.6) is 0 Å². The molecular formula is C12H12N2O4. The predicted octanol–water partition coefficient (Wildman–Crippen LogP) is 0.330. The van der Waals surface area contributed by atoms with Crippen LogP contribution in [0.3, 0.4) is 0 Å². The van der Waals surface area contributed by atoms with E-state index in [4.69, 9.17) is 10.6 Å². The van der Waals surface area contributed by atoms with Crippen LogP contribution in [0.15, 0.2) is 24.3 Å². The third-order valence-corrected chi connectivity index (χ3v) is 2.19. The van der Waals surface area contributed by atoms with E-state index in [1.165, 1.54) is 12.1 Å². The minimum atomic E-state index is -1.07. The summed E-state index contributed by atoms with van der Waals surface area (Å²) in [5.41, 5.74) is 9.32. The fourth-order valence-electron chi connectivity index (χ4n) is 1.30. The highest BCUT2D eigenvalue weighted by molar-refractivity contribution is 6.65. The third kappa shape index (κ3) is 3.10. The third-order valence-electron chi connectivity index (χ3n) is 2.19. The summed E-state index contributed by atoms with van der Waals surface area (Å²) in [6.07, 6.45) is 0. The van der Waals surface area contributed by atoms with E-state index in [0.29, 0.717) is 5.56 Å². The van der Waals surface area contributed by atoms with E-state index in [2.05, 4.69) is 9.53 Å². The van der Waals surface area contributed by atoms with Crippen LogP contribution in [-0.4, -0.2) is 34.0 Å². The van der Waals surface area contributed by atoms with Gasteiger partial charge in [0.15, 0.2) is 0 Å². The first-order chi connectivity index (χ1) is 8.63. The van der Waals surface area contributed by atoms with Gasteiger partial charge in [-0.3, -0.25) is 4.79 Å². The summed E-state index contributed by atoms with van der Waals surface area (Å²) in [6, 6.07) is 6.05. The van der Waals surface area contributed by atoms with E-state index in [1.807, 2.05) is 0 Å². The van der Waals surface area contributed by atoms with Crippen molar-refractivity contribution in [2.75, 3.05) is 6.61 Å². The van der Waals surface area contributed by atoms with Crippen molar-refractivity contribution in [2.45, 2.75) is 13.5 Å². The predicted molar refractivity (Wildman–Crippen MR) is 61.7 cm³/mol. The normalized spacial score (nSPS) is 9.44. The van der Waals surface area contributed by atoms with Crippen LogP contribution in [0.1, 0.15) is 18.1 Å². The first-order valence-electron chi connectivity index (χ1n) is 5.27. The quantitative estimate of drug-likeness (QED) is 0.267. The average molecular weight is 248 g/mol. The minimum Gasteiger partial charge on any atom is -0.460 e. The van der Waals surface area contributed by atoms with Crippen molar-refractivity contribution in [3.63, 3.8) is 0 Å². The van der Waals surface area contributed by atoms with E-state index < -0.39 is 17.5 Å². The lowest BCUT2D eigenvalue weighted by Crippen LogP contribution is -2.27. The second-order valence-corrected chi connectivity index (χ2v) is 3.35. The number of hydrogen-bond donors (Lipinski definition) is 1. The average Bonchev–Trinajstić information content (AvgIpc) is 2.40. The van der Waals surface area contributed by atoms with Gasteiger partial charge < -0.3 is 15.4 Å². The molecule has 6 heteroatoms. The number of ketones is 1. The summed E-state index contributed by atoms with van der Waals surface area (Å²) in [6.45, 7) is 1.49. The van der Waals surface area contributed by atoms with Crippen LogP contribution in [-0.2, 0) is 20.9 Å². The number of aliphatic hydroxyl groups is 1. The Balaban J connectivity index is 3.00. The van der Waals surface area contributed by atoms with E-state index in [1.54, 1.807) is 19.1 Å². The Morgan fingerprint density at radius 2 is 1.94 bits per heavy atom. The molecule has 94 valence electrons. The van der Waals surface area contributed by atoms with Crippen molar-refractivity contribution in [1.29, 1.82) is 0 Å². The van der Waals surface area contributed by atoms with Gasteiger partial charge in [-0.15, -0.1) is 0 Å². The molecule has 1 rings (SSSR count). The molecule has 0 bridgehead atoms. The van der Waals surface area contributed by atoms with E-state index in [9.17, 15) is 9.59 Å². The second-order valence-electron chi connectivity index (χ2n) is 3.35. The number of esters is 1. The molecule has 0 saturated carbocycles. The summed E-state index contributed by atoms with van der Waals surface area (Å²) in [5.74, 6) is -2.09. The van der Waals surface area contributed by atoms with Crippen molar-refractivity contribution in [3.05, 3.63) is 40.9 Å². The first-order valence-corrected chi connectivity index (χ1v) is 5.27. The number of nitrogens with zero attached hydrogens (tertiary/aromatic N) is 2. The van der Waals surface area contributed by atoms with Crippen LogP contribution < -0.4 is 0 Å². The Morgan fingerprint density at radius 1 is 1.33 bits per heavy atom. The number of ether oxygens (including phenoxy) is 1. The Bertz CT molecular complexity index is 501. The fourth-order valence-corrected chi connectivity index (χ4v) is 1.30. The molecule has 0 radical (unpaired) electrons. The molecule has 0 aliphatic rings. The Morgan fingerprint density at radius 3 is 2.39 bits per heavy atom. The highest BCUT2D eigenvalue weighted by Crippen LogP contribution is 2.06. The van der Waals surface area contributed by atoms with Crippen LogP contribution in [0.2, 0.25) is 0 Å². The molecule has 0 fully saturated rings. The molecule has 1 N–H and O–H groups in total. The molecule has 0 saturated heterocycles. The zero-order valence-electron chi connectivity index (χ0n) is 9.79. The lowest BCUT2D eigenvalue weighted by Gasteiger charge is -1.99. The van der Waals surface area contributed by atoms with Crippen LogP contribution in [0.25, 0.3) is 5.53 Å². The molecular weight excluding hydrogens is 236 g/mol. The van der Waals surface area contributed by atoms with Crippen LogP contribution in [0.4, 0.5) is 0 Å². The van der Waals surface area contributed by atoms with E-state index >= 15 is 0 Å². The molecule has 6 nitrogen and oxygen atoms in total. The molecule has 0 aliphatic heterocycles. The van der Waals surface area contributed by atoms with Crippen molar-refractivity contribution in [3.8, 4) is 0 Å². The van der Waals surface area contributed by atoms with Gasteiger partial charge in [-0.25, -0.2) is 4.79 Å². The fraction of sp³-hybridized carbons (Fsp3) is 0.250. The minimum absolute atomic E-state index is 0.0622. The Hall–Kier alpha value is -2.30. The highest BCUT2D eigenvalue weighted by Gasteiger charge is 2.30. The topological polar surface area (TPSA) is 100 Å². The van der Waals surface area contributed by atoms with Crippen molar-refractivity contribution >= 4 is 17.5 Å². The molecule has 1 aromatic rings. The molecule has 0 aromatic heterocycles. The van der Waals surface area contributed by atoms with Crippen LogP contribution >= 0.6 is 0 Å². The number of hydrogen-bond acceptors (Lipinski definition) is 4. The van der Waals surface area contributed by atoms with Crippen LogP contribution in [0, 0.1) is 0 Å². The second kappa shape index (κ2) is 6.44. The van der Waals surface area contributed by atoms with Gasteiger partial charge in [-0.1, -0.05) is 12.1 Å². The molecule has 18 heavy (non-hydrogen) atoms. The number of carbonyl (C=O) groups is 2. The smallest absolute Gasteiger partial charge is 0.387 e. The zero-order valence-corrected chi connectivity index (χ0v) is 9.79. The highest BCUT2D eigenvalue weighted by atomic mass is 16.5. The van der Waals surface area contributed by atoms with Gasteiger partial charge in [0.1, 0.15) is 0 Å². The summed E-state index contributed by atoms with van der Waals surface area (Å²) in [7, 11) is 0. The largest absolute Gasteiger partial charge is 0.460 e. The van der Waals surface area contributed by atoms with Gasteiger partial charge in [-0.2, -0.15) is 4.79 Å². The Labute approximate surface area is 103 Å². The van der Waals surface area contributed by atoms with Gasteiger partial charge in [0.05, 0.1) is 18.8 Å². The number of carbonyl (C=O) groups excluding carboxylic acids is 2. The molecule has 1 aromatic carbocycles. The lowest BCUT2D eigenvalue weighted by molar-refractivity contribution is -0.151. The molecule has 0 atom stereocenters. The van der Waals surface area contributed by atoms with Crippen molar-refractivity contribution in [1.82, 2.24) is 0 Å². The van der Waals surface area contributed by atoms with Crippen molar-refractivity contribution in [2.24, 2.45) is 0 Å². The molecule has 0 aliphatic carbocycles. The maximum absolute atomic E-state index is 11.6.